The summed E-state index contributed by atoms with van der Waals surface area (Å²) in [7, 11) is 0. The molecule has 0 aliphatic heterocycles. The first-order chi connectivity index (χ1) is 9.34. The normalized spacial score (nSPS) is 13.3. The van der Waals surface area contributed by atoms with E-state index in [0.717, 1.165) is 17.7 Å². The Morgan fingerprint density at radius 2 is 1.65 bits per heavy atom. The second-order valence-corrected chi connectivity index (χ2v) is 6.53. The van der Waals surface area contributed by atoms with Gasteiger partial charge < -0.3 is 0 Å². The fourth-order valence-electron chi connectivity index (χ4n) is 2.13. The Morgan fingerprint density at radius 3 is 2.25 bits per heavy atom. The van der Waals surface area contributed by atoms with Crippen molar-refractivity contribution in [3.05, 3.63) is 69.7 Å². The molecular formula is C16H14BrClF2. The maximum Gasteiger partial charge on any atom is 0.137 e. The van der Waals surface area contributed by atoms with Gasteiger partial charge in [0, 0.05) is 11.0 Å². The average Bonchev–Trinajstić information content (AvgIpc) is 2.43. The zero-order valence-corrected chi connectivity index (χ0v) is 13.5. The van der Waals surface area contributed by atoms with Crippen LogP contribution in [0, 0.1) is 11.6 Å². The number of rotatable bonds is 3. The fraction of sp³-hybridized carbons (Fsp3) is 0.250. The number of hydrogen-bond donors (Lipinski definition) is 0. The molecule has 106 valence electrons. The van der Waals surface area contributed by atoms with Gasteiger partial charge in [-0.15, -0.1) is 11.6 Å². The smallest absolute Gasteiger partial charge is 0.137 e. The Labute approximate surface area is 130 Å². The van der Waals surface area contributed by atoms with Crippen molar-refractivity contribution in [2.75, 3.05) is 0 Å². The maximum atomic E-state index is 14.0. The molecule has 0 heterocycles. The first-order valence-electron chi connectivity index (χ1n) is 6.18. The molecule has 0 saturated carbocycles. The molecule has 0 amide bonds. The van der Waals surface area contributed by atoms with Crippen molar-refractivity contribution < 1.29 is 8.78 Å². The van der Waals surface area contributed by atoms with Gasteiger partial charge in [-0.2, -0.15) is 0 Å². The highest BCUT2D eigenvalue weighted by molar-refractivity contribution is 9.10. The van der Waals surface area contributed by atoms with E-state index in [1.165, 1.54) is 0 Å². The van der Waals surface area contributed by atoms with Crippen molar-refractivity contribution in [2.24, 2.45) is 0 Å². The van der Waals surface area contributed by atoms with E-state index in [2.05, 4.69) is 15.9 Å². The molecule has 0 aliphatic rings. The lowest BCUT2D eigenvalue weighted by molar-refractivity contribution is 0.480. The second kappa shape index (κ2) is 5.82. The fourth-order valence-corrected chi connectivity index (χ4v) is 2.74. The molecule has 1 unspecified atom stereocenters. The summed E-state index contributed by atoms with van der Waals surface area (Å²) in [4.78, 5) is 0. The highest BCUT2D eigenvalue weighted by atomic mass is 79.9. The van der Waals surface area contributed by atoms with Crippen LogP contribution in [-0.4, -0.2) is 0 Å². The van der Waals surface area contributed by atoms with Gasteiger partial charge >= 0.3 is 0 Å². The van der Waals surface area contributed by atoms with E-state index in [0.29, 0.717) is 0 Å². The largest absolute Gasteiger partial charge is 0.207 e. The first-order valence-corrected chi connectivity index (χ1v) is 7.41. The first kappa shape index (κ1) is 15.5. The van der Waals surface area contributed by atoms with Gasteiger partial charge in [0.2, 0.25) is 0 Å². The predicted octanol–water partition coefficient (Wildman–Crippen LogP) is 5.99. The number of alkyl halides is 1. The molecule has 20 heavy (non-hydrogen) atoms. The van der Waals surface area contributed by atoms with Crippen LogP contribution in [0.4, 0.5) is 8.78 Å². The van der Waals surface area contributed by atoms with Gasteiger partial charge in [-0.1, -0.05) is 44.2 Å². The SMILES string of the molecule is CC(C)(c1ccccc1)C(Cl)c1cc(F)c(Br)cc1F. The van der Waals surface area contributed by atoms with Crippen LogP contribution in [0.25, 0.3) is 0 Å². The lowest BCUT2D eigenvalue weighted by Gasteiger charge is -2.31. The van der Waals surface area contributed by atoms with Gasteiger partial charge in [0.1, 0.15) is 11.6 Å². The molecule has 2 rings (SSSR count). The summed E-state index contributed by atoms with van der Waals surface area (Å²) < 4.78 is 27.8. The molecule has 2 aromatic rings. The molecule has 0 N–H and O–H groups in total. The summed E-state index contributed by atoms with van der Waals surface area (Å²) >= 11 is 9.41. The third-order valence-electron chi connectivity index (χ3n) is 3.46. The lowest BCUT2D eigenvalue weighted by Crippen LogP contribution is -2.24. The molecule has 1 atom stereocenters. The van der Waals surface area contributed by atoms with Gasteiger partial charge in [0.25, 0.3) is 0 Å². The summed E-state index contributed by atoms with van der Waals surface area (Å²) in [6.45, 7) is 3.83. The zero-order chi connectivity index (χ0) is 14.9. The van der Waals surface area contributed by atoms with Crippen molar-refractivity contribution in [2.45, 2.75) is 24.6 Å². The van der Waals surface area contributed by atoms with E-state index in [9.17, 15) is 8.78 Å². The lowest BCUT2D eigenvalue weighted by atomic mass is 9.78. The van der Waals surface area contributed by atoms with Crippen molar-refractivity contribution >= 4 is 27.5 Å². The van der Waals surface area contributed by atoms with Crippen LogP contribution in [0.15, 0.2) is 46.9 Å². The standard InChI is InChI=1S/C16H14BrClF2/c1-16(2,10-6-4-3-5-7-10)15(18)11-8-14(20)12(17)9-13(11)19/h3-9,15H,1-2H3. The van der Waals surface area contributed by atoms with Crippen LogP contribution in [0.5, 0.6) is 0 Å². The van der Waals surface area contributed by atoms with E-state index >= 15 is 0 Å². The molecule has 0 nitrogen and oxygen atoms in total. The van der Waals surface area contributed by atoms with Gasteiger partial charge in [0.05, 0.1) is 9.85 Å². The van der Waals surface area contributed by atoms with Crippen molar-refractivity contribution in [3.63, 3.8) is 0 Å². The summed E-state index contributed by atoms with van der Waals surface area (Å²) in [5.41, 5.74) is 0.619. The highest BCUT2D eigenvalue weighted by Crippen LogP contribution is 2.43. The summed E-state index contributed by atoms with van der Waals surface area (Å²) in [6.07, 6.45) is 0. The Balaban J connectivity index is 2.45. The minimum Gasteiger partial charge on any atom is -0.207 e. The molecule has 0 saturated heterocycles. The number of benzene rings is 2. The third-order valence-corrected chi connectivity index (χ3v) is 4.85. The van der Waals surface area contributed by atoms with Crippen LogP contribution in [0.3, 0.4) is 0 Å². The van der Waals surface area contributed by atoms with E-state index < -0.39 is 22.4 Å². The topological polar surface area (TPSA) is 0 Å². The Morgan fingerprint density at radius 1 is 1.05 bits per heavy atom. The Kier molecular flexibility index (Phi) is 4.50. The molecule has 0 radical (unpaired) electrons. The number of hydrogen-bond acceptors (Lipinski definition) is 0. The molecule has 0 fully saturated rings. The van der Waals surface area contributed by atoms with Crippen molar-refractivity contribution in [1.29, 1.82) is 0 Å². The van der Waals surface area contributed by atoms with Crippen LogP contribution < -0.4 is 0 Å². The van der Waals surface area contributed by atoms with E-state index in [-0.39, 0.29) is 10.0 Å². The molecule has 2 aromatic carbocycles. The molecule has 0 bridgehead atoms. The van der Waals surface area contributed by atoms with Gasteiger partial charge in [-0.25, -0.2) is 8.78 Å². The van der Waals surface area contributed by atoms with Crippen molar-refractivity contribution in [1.82, 2.24) is 0 Å². The molecule has 0 spiro atoms. The highest BCUT2D eigenvalue weighted by Gasteiger charge is 2.33. The van der Waals surface area contributed by atoms with Gasteiger partial charge in [0.15, 0.2) is 0 Å². The van der Waals surface area contributed by atoms with Crippen LogP contribution >= 0.6 is 27.5 Å². The summed E-state index contributed by atoms with van der Waals surface area (Å²) in [6, 6.07) is 11.8. The third kappa shape index (κ3) is 2.89. The van der Waals surface area contributed by atoms with E-state index in [4.69, 9.17) is 11.6 Å². The van der Waals surface area contributed by atoms with E-state index in [1.807, 2.05) is 44.2 Å². The average molecular weight is 360 g/mol. The molecule has 4 heteroatoms. The molecular weight excluding hydrogens is 346 g/mol. The van der Waals surface area contributed by atoms with Crippen LogP contribution in [0.2, 0.25) is 0 Å². The summed E-state index contributed by atoms with van der Waals surface area (Å²) in [5.74, 6) is -1.03. The second-order valence-electron chi connectivity index (χ2n) is 5.24. The summed E-state index contributed by atoms with van der Waals surface area (Å²) in [5, 5.41) is -0.674. The van der Waals surface area contributed by atoms with Gasteiger partial charge in [-0.05, 0) is 33.6 Å². The van der Waals surface area contributed by atoms with Crippen LogP contribution in [-0.2, 0) is 5.41 Å². The monoisotopic (exact) mass is 358 g/mol. The van der Waals surface area contributed by atoms with E-state index in [1.54, 1.807) is 0 Å². The Bertz CT molecular complexity index is 611. The Hall–Kier alpha value is -0.930. The molecule has 0 aromatic heterocycles. The quantitative estimate of drug-likeness (QED) is 0.467. The number of halogens is 4. The van der Waals surface area contributed by atoms with Gasteiger partial charge in [-0.3, -0.25) is 0 Å². The molecule has 0 aliphatic carbocycles. The minimum absolute atomic E-state index is 0.0973. The van der Waals surface area contributed by atoms with Crippen LogP contribution in [0.1, 0.15) is 30.4 Å². The maximum absolute atomic E-state index is 14.0. The minimum atomic E-state index is -0.674. The zero-order valence-electron chi connectivity index (χ0n) is 11.1. The predicted molar refractivity (Wildman–Crippen MR) is 82.1 cm³/mol. The van der Waals surface area contributed by atoms with Crippen molar-refractivity contribution in [3.8, 4) is 0 Å².